The van der Waals surface area contributed by atoms with E-state index >= 15 is 0 Å². The van der Waals surface area contributed by atoms with Gasteiger partial charge in [-0.2, -0.15) is 0 Å². The molecule has 0 aliphatic carbocycles. The van der Waals surface area contributed by atoms with Crippen LogP contribution in [-0.2, 0) is 11.2 Å². The van der Waals surface area contributed by atoms with E-state index in [0.29, 0.717) is 5.56 Å². The Hall–Kier alpha value is -3.06. The molecule has 0 unspecified atom stereocenters. The maximum Gasteiger partial charge on any atom is 0.269 e. The van der Waals surface area contributed by atoms with Gasteiger partial charge in [0.1, 0.15) is 10.8 Å². The quantitative estimate of drug-likeness (QED) is 0.494. The number of pyridine rings is 1. The number of hydrogen-bond acceptors (Lipinski definition) is 5. The lowest BCUT2D eigenvalue weighted by Crippen LogP contribution is -2.42. The Kier molecular flexibility index (Phi) is 6.49. The number of amides is 2. The third-order valence-corrected chi connectivity index (χ3v) is 5.17. The Morgan fingerprint density at radius 1 is 1.07 bits per heavy atom. The van der Waals surface area contributed by atoms with Crippen molar-refractivity contribution < 1.29 is 14.3 Å². The molecule has 144 valence electrons. The molecule has 28 heavy (non-hydrogen) atoms. The first-order valence-corrected chi connectivity index (χ1v) is 9.84. The van der Waals surface area contributed by atoms with Crippen LogP contribution in [-0.4, -0.2) is 29.7 Å². The van der Waals surface area contributed by atoms with E-state index < -0.39 is 0 Å². The summed E-state index contributed by atoms with van der Waals surface area (Å²) in [6, 6.07) is 16.5. The SMILES string of the molecule is CCc1cc2ccc(OC)cc2nc1SCC(=O)NNC(=O)c1ccccc1. The van der Waals surface area contributed by atoms with Crippen molar-refractivity contribution in [1.29, 1.82) is 0 Å². The highest BCUT2D eigenvalue weighted by Gasteiger charge is 2.11. The van der Waals surface area contributed by atoms with Crippen LogP contribution >= 0.6 is 11.8 Å². The third-order valence-electron chi connectivity index (χ3n) is 4.14. The molecule has 0 aliphatic rings. The fraction of sp³-hybridized carbons (Fsp3) is 0.190. The van der Waals surface area contributed by atoms with E-state index in [4.69, 9.17) is 4.74 Å². The van der Waals surface area contributed by atoms with Crippen molar-refractivity contribution in [2.75, 3.05) is 12.9 Å². The zero-order chi connectivity index (χ0) is 19.9. The number of thioether (sulfide) groups is 1. The number of hydrazine groups is 1. The van der Waals surface area contributed by atoms with Gasteiger partial charge in [-0.3, -0.25) is 20.4 Å². The number of aryl methyl sites for hydroxylation is 1. The predicted octanol–water partition coefficient (Wildman–Crippen LogP) is 3.36. The van der Waals surface area contributed by atoms with Crippen LogP contribution in [0, 0.1) is 0 Å². The first-order valence-electron chi connectivity index (χ1n) is 8.85. The van der Waals surface area contributed by atoms with E-state index in [1.165, 1.54) is 11.8 Å². The van der Waals surface area contributed by atoms with Gasteiger partial charge in [0.2, 0.25) is 5.91 Å². The van der Waals surface area contributed by atoms with Crippen LogP contribution in [0.1, 0.15) is 22.8 Å². The molecule has 2 aromatic carbocycles. The fourth-order valence-corrected chi connectivity index (χ4v) is 3.53. The zero-order valence-corrected chi connectivity index (χ0v) is 16.5. The molecule has 7 heteroatoms. The molecule has 2 N–H and O–H groups in total. The molecule has 6 nitrogen and oxygen atoms in total. The summed E-state index contributed by atoms with van der Waals surface area (Å²) in [6.07, 6.45) is 0.809. The Morgan fingerprint density at radius 2 is 1.86 bits per heavy atom. The minimum atomic E-state index is -0.357. The predicted molar refractivity (Wildman–Crippen MR) is 110 cm³/mol. The number of methoxy groups -OCH3 is 1. The molecule has 0 saturated heterocycles. The Labute approximate surface area is 167 Å². The molecule has 0 radical (unpaired) electrons. The molecule has 1 heterocycles. The van der Waals surface area contributed by atoms with Crippen molar-refractivity contribution in [3.8, 4) is 5.75 Å². The Balaban J connectivity index is 1.63. The van der Waals surface area contributed by atoms with Gasteiger partial charge in [-0.25, -0.2) is 4.98 Å². The van der Waals surface area contributed by atoms with Gasteiger partial charge < -0.3 is 4.74 Å². The summed E-state index contributed by atoms with van der Waals surface area (Å²) in [7, 11) is 1.62. The summed E-state index contributed by atoms with van der Waals surface area (Å²) in [5.41, 5.74) is 7.23. The molecule has 0 spiro atoms. The van der Waals surface area contributed by atoms with E-state index in [9.17, 15) is 9.59 Å². The van der Waals surface area contributed by atoms with Crippen molar-refractivity contribution in [3.05, 3.63) is 65.7 Å². The van der Waals surface area contributed by atoms with Crippen molar-refractivity contribution in [2.24, 2.45) is 0 Å². The molecule has 0 saturated carbocycles. The van der Waals surface area contributed by atoms with Crippen LogP contribution in [0.25, 0.3) is 10.9 Å². The molecule has 2 amide bonds. The van der Waals surface area contributed by atoms with Crippen LogP contribution < -0.4 is 15.6 Å². The number of rotatable bonds is 6. The molecule has 0 fully saturated rings. The number of carbonyl (C=O) groups excluding carboxylic acids is 2. The maximum absolute atomic E-state index is 12.1. The standard InChI is InChI=1S/C21H21N3O3S/c1-3-14-11-16-9-10-17(27-2)12-18(16)22-21(14)28-13-19(25)23-24-20(26)15-7-5-4-6-8-15/h4-12H,3,13H2,1-2H3,(H,23,25)(H,24,26). The lowest BCUT2D eigenvalue weighted by molar-refractivity contribution is -0.119. The summed E-state index contributed by atoms with van der Waals surface area (Å²) >= 11 is 1.34. The highest BCUT2D eigenvalue weighted by Crippen LogP contribution is 2.27. The largest absolute Gasteiger partial charge is 0.497 e. The highest BCUT2D eigenvalue weighted by molar-refractivity contribution is 7.99. The molecule has 0 atom stereocenters. The molecular weight excluding hydrogens is 374 g/mol. The van der Waals surface area contributed by atoms with Gasteiger partial charge >= 0.3 is 0 Å². The van der Waals surface area contributed by atoms with Gasteiger partial charge in [0, 0.05) is 17.0 Å². The summed E-state index contributed by atoms with van der Waals surface area (Å²) in [5.74, 6) is 0.222. The van der Waals surface area contributed by atoms with Gasteiger partial charge in [0.25, 0.3) is 5.91 Å². The first kappa shape index (κ1) is 19.7. The van der Waals surface area contributed by atoms with Gasteiger partial charge in [-0.1, -0.05) is 36.9 Å². The van der Waals surface area contributed by atoms with Gasteiger partial charge in [0.05, 0.1) is 18.4 Å². The minimum Gasteiger partial charge on any atom is -0.497 e. The summed E-state index contributed by atoms with van der Waals surface area (Å²) in [4.78, 5) is 28.8. The number of nitrogens with one attached hydrogen (secondary N) is 2. The van der Waals surface area contributed by atoms with Gasteiger partial charge in [0.15, 0.2) is 0 Å². The Bertz CT molecular complexity index is 993. The molecular formula is C21H21N3O3S. The molecule has 0 aliphatic heterocycles. The molecule has 3 rings (SSSR count). The van der Waals surface area contributed by atoms with Crippen LogP contribution in [0.3, 0.4) is 0 Å². The van der Waals surface area contributed by atoms with Crippen molar-refractivity contribution in [3.63, 3.8) is 0 Å². The lowest BCUT2D eigenvalue weighted by atomic mass is 10.1. The number of benzene rings is 2. The van der Waals surface area contributed by atoms with Crippen molar-refractivity contribution in [2.45, 2.75) is 18.4 Å². The fourth-order valence-electron chi connectivity index (χ4n) is 2.64. The summed E-state index contributed by atoms with van der Waals surface area (Å²) in [5, 5.41) is 1.83. The monoisotopic (exact) mass is 395 g/mol. The second-order valence-electron chi connectivity index (χ2n) is 6.02. The van der Waals surface area contributed by atoms with Gasteiger partial charge in [-0.05, 0) is 42.3 Å². The summed E-state index contributed by atoms with van der Waals surface area (Å²) in [6.45, 7) is 2.05. The summed E-state index contributed by atoms with van der Waals surface area (Å²) < 4.78 is 5.26. The minimum absolute atomic E-state index is 0.143. The van der Waals surface area contributed by atoms with Crippen molar-refractivity contribution >= 4 is 34.5 Å². The first-order chi connectivity index (χ1) is 13.6. The van der Waals surface area contributed by atoms with E-state index in [1.54, 1.807) is 31.4 Å². The second kappa shape index (κ2) is 9.23. The van der Waals surface area contributed by atoms with Crippen LogP contribution in [0.15, 0.2) is 59.6 Å². The van der Waals surface area contributed by atoms with E-state index in [-0.39, 0.29) is 17.6 Å². The topological polar surface area (TPSA) is 80.3 Å². The number of aromatic nitrogens is 1. The number of carbonyl (C=O) groups is 2. The highest BCUT2D eigenvalue weighted by atomic mass is 32.2. The van der Waals surface area contributed by atoms with E-state index in [0.717, 1.165) is 33.7 Å². The van der Waals surface area contributed by atoms with Crippen LogP contribution in [0.2, 0.25) is 0 Å². The number of hydrogen-bond donors (Lipinski definition) is 2. The average Bonchev–Trinajstić information content (AvgIpc) is 2.75. The van der Waals surface area contributed by atoms with Crippen molar-refractivity contribution in [1.82, 2.24) is 15.8 Å². The van der Waals surface area contributed by atoms with E-state index in [2.05, 4.69) is 28.8 Å². The number of nitrogens with zero attached hydrogens (tertiary/aromatic N) is 1. The molecule has 1 aromatic heterocycles. The zero-order valence-electron chi connectivity index (χ0n) is 15.7. The van der Waals surface area contributed by atoms with Crippen LogP contribution in [0.5, 0.6) is 5.75 Å². The number of ether oxygens (including phenoxy) is 1. The van der Waals surface area contributed by atoms with Crippen LogP contribution in [0.4, 0.5) is 0 Å². The lowest BCUT2D eigenvalue weighted by Gasteiger charge is -2.10. The normalized spacial score (nSPS) is 10.5. The molecule has 0 bridgehead atoms. The Morgan fingerprint density at radius 3 is 2.57 bits per heavy atom. The number of fused-ring (bicyclic) bond motifs is 1. The molecule has 3 aromatic rings. The smallest absolute Gasteiger partial charge is 0.269 e. The van der Waals surface area contributed by atoms with Gasteiger partial charge in [-0.15, -0.1) is 0 Å². The van der Waals surface area contributed by atoms with E-state index in [1.807, 2.05) is 24.3 Å². The maximum atomic E-state index is 12.1. The average molecular weight is 395 g/mol. The third kappa shape index (κ3) is 4.80. The second-order valence-corrected chi connectivity index (χ2v) is 6.99.